The minimum atomic E-state index is -2.85. The van der Waals surface area contributed by atoms with Crippen LogP contribution in [-0.2, 0) is 32.9 Å². The van der Waals surface area contributed by atoms with Crippen molar-refractivity contribution in [1.29, 1.82) is 0 Å². The number of fused-ring (bicyclic) bond motifs is 3. The molecule has 331 valence electrons. The molecule has 0 N–H and O–H groups in total. The van der Waals surface area contributed by atoms with Crippen LogP contribution in [0.2, 0.25) is 0 Å². The van der Waals surface area contributed by atoms with Crippen LogP contribution in [-0.4, -0.2) is 9.97 Å². The summed E-state index contributed by atoms with van der Waals surface area (Å²) in [7, 11) is 0. The maximum Gasteiger partial charge on any atom is 0.121 e. The molecule has 0 saturated heterocycles. The Hall–Kier alpha value is -5.93. The van der Waals surface area contributed by atoms with Gasteiger partial charge in [-0.15, -0.1) is 47.5 Å². The summed E-state index contributed by atoms with van der Waals surface area (Å²) >= 11 is 0. The molecule has 1 radical (unpaired) electrons. The van der Waals surface area contributed by atoms with Gasteiger partial charge >= 0.3 is 0 Å². The SMILES string of the molecule is [2H]C([2H])([2H])c1c[c-]c(-c2ccc(C([2H])([2H])C(C)(C)C)cn2)cc1-c1ccccc1.[2H]C([2H])([2H])c1ccc2c(c1)oc1c(-c3cc(-c4cc(C([2H])([2H])[2H])c(-c5ccc(C([2H])([2H])C(C)(C)C)cc5)cc4C([2H])([2H])[2H])c(C([2H])([2H])[2H])cn3)[c-]ccc12.[Ir]. The summed E-state index contributed by atoms with van der Waals surface area (Å²) in [5.41, 5.74) is 2.96. The van der Waals surface area contributed by atoms with Crippen molar-refractivity contribution in [3.05, 3.63) is 191 Å². The molecule has 0 amide bonds. The molecule has 65 heavy (non-hydrogen) atoms. The number of nitrogens with zero attached hydrogens (tertiary/aromatic N) is 2. The van der Waals surface area contributed by atoms with E-state index in [1.165, 1.54) is 36.4 Å². The molecule has 0 saturated carbocycles. The van der Waals surface area contributed by atoms with Gasteiger partial charge in [-0.25, -0.2) is 0 Å². The zero-order chi connectivity index (χ0) is 61.4. The van der Waals surface area contributed by atoms with E-state index in [-0.39, 0.29) is 81.5 Å². The van der Waals surface area contributed by atoms with Crippen molar-refractivity contribution >= 4 is 21.9 Å². The molecule has 0 unspecified atom stereocenters. The number of furan rings is 1. The van der Waals surface area contributed by atoms with E-state index >= 15 is 0 Å². The Morgan fingerprint density at radius 1 is 0.554 bits per heavy atom. The number of pyridine rings is 2. The van der Waals surface area contributed by atoms with Gasteiger partial charge in [0.15, 0.2) is 0 Å². The van der Waals surface area contributed by atoms with Gasteiger partial charge in [-0.05, 0) is 130 Å². The summed E-state index contributed by atoms with van der Waals surface area (Å²) in [5, 5.41) is 1.23. The van der Waals surface area contributed by atoms with E-state index in [0.29, 0.717) is 49.9 Å². The largest absolute Gasteiger partial charge is 0.501 e. The third-order valence-corrected chi connectivity index (χ3v) is 10.4. The van der Waals surface area contributed by atoms with Crippen LogP contribution in [0, 0.1) is 57.2 Å². The molecular formula is C61H60IrN2O-2. The molecule has 6 aromatic carbocycles. The van der Waals surface area contributed by atoms with Gasteiger partial charge < -0.3 is 14.4 Å². The first-order valence-electron chi connectivity index (χ1n) is 30.4. The van der Waals surface area contributed by atoms with Crippen LogP contribution in [0.1, 0.15) is 107 Å². The Balaban J connectivity index is 0.000000285. The molecule has 4 heteroatoms. The van der Waals surface area contributed by atoms with Gasteiger partial charge in [-0.2, -0.15) is 0 Å². The van der Waals surface area contributed by atoms with Gasteiger partial charge in [-0.3, -0.25) is 0 Å². The summed E-state index contributed by atoms with van der Waals surface area (Å²) in [5.74, 6) is 0. The van der Waals surface area contributed by atoms with Crippen LogP contribution in [0.3, 0.4) is 0 Å². The van der Waals surface area contributed by atoms with E-state index < -0.39 is 57.8 Å². The number of benzene rings is 6. The van der Waals surface area contributed by atoms with Gasteiger partial charge in [-0.1, -0.05) is 162 Å². The fourth-order valence-corrected chi connectivity index (χ4v) is 7.53. The smallest absolute Gasteiger partial charge is 0.121 e. The Morgan fingerprint density at radius 2 is 1.20 bits per heavy atom. The predicted octanol–water partition coefficient (Wildman–Crippen LogP) is 16.7. The fourth-order valence-electron chi connectivity index (χ4n) is 7.53. The van der Waals surface area contributed by atoms with Crippen molar-refractivity contribution in [2.75, 3.05) is 0 Å². The van der Waals surface area contributed by atoms with Crippen molar-refractivity contribution in [2.24, 2.45) is 10.8 Å². The normalized spacial score (nSPS) is 17.4. The number of hydrogen-bond donors (Lipinski definition) is 0. The van der Waals surface area contributed by atoms with E-state index in [0.717, 1.165) is 11.8 Å². The molecule has 3 nitrogen and oxygen atoms in total. The van der Waals surface area contributed by atoms with E-state index in [2.05, 4.69) is 22.1 Å². The summed E-state index contributed by atoms with van der Waals surface area (Å²) in [6, 6.07) is 40.2. The van der Waals surface area contributed by atoms with Crippen molar-refractivity contribution in [3.63, 3.8) is 0 Å². The third kappa shape index (κ3) is 11.0. The van der Waals surface area contributed by atoms with E-state index in [9.17, 15) is 0 Å². The summed E-state index contributed by atoms with van der Waals surface area (Å²) < 4.78 is 163. The molecule has 0 aliphatic carbocycles. The first kappa shape index (κ1) is 28.2. The van der Waals surface area contributed by atoms with E-state index in [4.69, 9.17) is 30.5 Å². The summed E-state index contributed by atoms with van der Waals surface area (Å²) in [4.78, 5) is 8.87. The third-order valence-electron chi connectivity index (χ3n) is 10.4. The van der Waals surface area contributed by atoms with Crippen molar-refractivity contribution < 1.29 is 50.6 Å². The molecule has 0 aliphatic heterocycles. The molecule has 9 rings (SSSR count). The van der Waals surface area contributed by atoms with Crippen LogP contribution in [0.5, 0.6) is 0 Å². The average Bonchev–Trinajstić information content (AvgIpc) is 1.55. The van der Waals surface area contributed by atoms with Crippen LogP contribution in [0.25, 0.3) is 77.8 Å². The standard InChI is InChI=1S/C38H36NO.C23H24N.Ir/c1-23-11-16-29-30-9-8-10-31(37(30)40-36(29)17-23)35-20-34(26(4)22-39-35)33-19-24(2)32(18-25(33)3)28-14-12-27(13-15-28)21-38(5,6)7;1-17-10-12-20(14-21(17)19-8-6-5-7-9-19)22-13-11-18(16-24-22)15-23(2,3)4;/h8-9,11-20,22H,21H2,1-7H3;5-11,13-14,16H,15H2,1-4H3;/q2*-1;/i1D3,2D3,3D3,4D3,21D2;1D3,15D2;. The number of aromatic nitrogens is 2. The topological polar surface area (TPSA) is 38.9 Å². The predicted molar refractivity (Wildman–Crippen MR) is 271 cm³/mol. The van der Waals surface area contributed by atoms with Crippen molar-refractivity contribution in [2.45, 2.75) is 88.5 Å². The number of aryl methyl sites for hydroxylation is 5. The van der Waals surface area contributed by atoms with Gasteiger partial charge in [0, 0.05) is 63.9 Å². The Morgan fingerprint density at radius 3 is 1.89 bits per heavy atom. The molecule has 3 heterocycles. The first-order valence-corrected chi connectivity index (χ1v) is 20.9. The second kappa shape index (κ2) is 19.3. The Bertz CT molecular complexity index is 3840. The zero-order valence-electron chi connectivity index (χ0n) is 55.9. The minimum Gasteiger partial charge on any atom is -0.501 e. The van der Waals surface area contributed by atoms with Gasteiger partial charge in [0.2, 0.25) is 0 Å². The van der Waals surface area contributed by atoms with Crippen LogP contribution in [0.15, 0.2) is 144 Å². The fraction of sp³-hybridized carbons (Fsp3) is 0.246. The van der Waals surface area contributed by atoms with Crippen LogP contribution in [0.4, 0.5) is 0 Å². The number of rotatable bonds is 7. The molecular weight excluding hydrogens is 969 g/mol. The van der Waals surface area contributed by atoms with E-state index in [1.54, 1.807) is 87.6 Å². The van der Waals surface area contributed by atoms with E-state index in [1.807, 2.05) is 51.1 Å². The maximum atomic E-state index is 8.65. The molecule has 0 aliphatic rings. The Kier molecular flexibility index (Phi) is 8.35. The van der Waals surface area contributed by atoms with Crippen LogP contribution >= 0.6 is 0 Å². The summed E-state index contributed by atoms with van der Waals surface area (Å²) in [6.45, 7) is -2.19. The summed E-state index contributed by atoms with van der Waals surface area (Å²) in [6.07, 6.45) is -0.605. The monoisotopic (exact) mass is 1050 g/mol. The molecule has 0 spiro atoms. The first-order chi connectivity index (χ1) is 38.1. The number of hydrogen-bond acceptors (Lipinski definition) is 3. The van der Waals surface area contributed by atoms with Gasteiger partial charge in [0.1, 0.15) is 5.58 Å². The zero-order valence-corrected chi connectivity index (χ0v) is 39.3. The van der Waals surface area contributed by atoms with Crippen molar-refractivity contribution in [3.8, 4) is 55.9 Å². The van der Waals surface area contributed by atoms with Crippen LogP contribution < -0.4 is 0 Å². The minimum absolute atomic E-state index is 0. The molecule has 0 bridgehead atoms. The Labute approximate surface area is 427 Å². The second-order valence-electron chi connectivity index (χ2n) is 17.8. The average molecular weight is 1050 g/mol. The van der Waals surface area contributed by atoms with Gasteiger partial charge in [0.25, 0.3) is 0 Å². The molecule has 9 aromatic rings. The van der Waals surface area contributed by atoms with Crippen molar-refractivity contribution in [1.82, 2.24) is 9.97 Å². The maximum absolute atomic E-state index is 8.65. The quantitative estimate of drug-likeness (QED) is 0.149. The second-order valence-corrected chi connectivity index (χ2v) is 17.8. The van der Waals surface area contributed by atoms with Gasteiger partial charge in [0.05, 0.1) is 5.58 Å². The molecule has 0 atom stereocenters. The molecule has 0 fully saturated rings. The molecule has 3 aromatic heterocycles.